The highest BCUT2D eigenvalue weighted by atomic mass is 16.1. The number of ketones is 1. The lowest BCUT2D eigenvalue weighted by Crippen LogP contribution is -2.23. The predicted molar refractivity (Wildman–Crippen MR) is 120 cm³/mol. The number of hydrogen-bond donors (Lipinski definition) is 2. The number of guanidine groups is 1. The molecule has 0 heterocycles. The van der Waals surface area contributed by atoms with E-state index in [1.165, 1.54) is 5.56 Å². The smallest absolute Gasteiger partial charge is 0.226 e. The van der Waals surface area contributed by atoms with Crippen LogP contribution in [0.1, 0.15) is 31.2 Å². The van der Waals surface area contributed by atoms with E-state index >= 15 is 0 Å². The minimum absolute atomic E-state index is 0.164. The fourth-order valence-corrected chi connectivity index (χ4v) is 3.21. The maximum absolute atomic E-state index is 12.1. The summed E-state index contributed by atoms with van der Waals surface area (Å²) in [7, 11) is 0. The summed E-state index contributed by atoms with van der Waals surface area (Å²) >= 11 is 0. The normalized spacial score (nSPS) is 17.5. The van der Waals surface area contributed by atoms with Gasteiger partial charge in [-0.25, -0.2) is 9.98 Å². The molecular formula is C24H26N4O. The summed E-state index contributed by atoms with van der Waals surface area (Å²) in [4.78, 5) is 20.4. The van der Waals surface area contributed by atoms with Crippen LogP contribution in [-0.4, -0.2) is 25.0 Å². The number of aliphatic imine (C=N–C) groups is 2. The lowest BCUT2D eigenvalue weighted by atomic mass is 9.85. The molecule has 1 unspecified atom stereocenters. The summed E-state index contributed by atoms with van der Waals surface area (Å²) in [6.07, 6.45) is 4.88. The second kappa shape index (κ2) is 10.2. The number of para-hydroxylation sites is 1. The number of hydrogen-bond acceptors (Lipinski definition) is 3. The van der Waals surface area contributed by atoms with E-state index in [1.54, 1.807) is 12.3 Å². The first-order chi connectivity index (χ1) is 14.1. The van der Waals surface area contributed by atoms with Crippen molar-refractivity contribution in [2.45, 2.75) is 25.7 Å². The van der Waals surface area contributed by atoms with Crippen molar-refractivity contribution in [2.24, 2.45) is 9.98 Å². The average molecular weight is 386 g/mol. The van der Waals surface area contributed by atoms with Crippen molar-refractivity contribution in [3.8, 4) is 0 Å². The van der Waals surface area contributed by atoms with E-state index < -0.39 is 0 Å². The minimum atomic E-state index is 0.164. The molecule has 0 amide bonds. The van der Waals surface area contributed by atoms with Gasteiger partial charge in [0.05, 0.1) is 0 Å². The predicted octanol–water partition coefficient (Wildman–Crippen LogP) is 4.68. The second-order valence-electron chi connectivity index (χ2n) is 7.08. The number of benzene rings is 2. The molecule has 3 rings (SSSR count). The molecule has 0 saturated heterocycles. The summed E-state index contributed by atoms with van der Waals surface area (Å²) in [6, 6.07) is 19.9. The van der Waals surface area contributed by atoms with Crippen molar-refractivity contribution in [1.29, 1.82) is 0 Å². The maximum atomic E-state index is 12.1. The molecular weight excluding hydrogens is 360 g/mol. The molecule has 0 aromatic heterocycles. The lowest BCUT2D eigenvalue weighted by Gasteiger charge is -2.23. The largest absolute Gasteiger partial charge is 0.384 e. The van der Waals surface area contributed by atoms with Crippen molar-refractivity contribution in [3.63, 3.8) is 0 Å². The van der Waals surface area contributed by atoms with Crippen molar-refractivity contribution in [3.05, 3.63) is 89.8 Å². The Labute approximate surface area is 172 Å². The lowest BCUT2D eigenvalue weighted by molar-refractivity contribution is -0.115. The molecule has 2 aromatic rings. The van der Waals surface area contributed by atoms with Crippen LogP contribution in [0.15, 0.2) is 94.2 Å². The summed E-state index contributed by atoms with van der Waals surface area (Å²) in [5, 5.41) is 6.50. The van der Waals surface area contributed by atoms with Gasteiger partial charge < -0.3 is 10.6 Å². The Bertz CT molecular complexity index is 930. The van der Waals surface area contributed by atoms with Gasteiger partial charge >= 0.3 is 0 Å². The summed E-state index contributed by atoms with van der Waals surface area (Å²) in [6.45, 7) is 6.16. The third kappa shape index (κ3) is 6.28. The number of carbonyl (C=O) groups is 1. The van der Waals surface area contributed by atoms with Crippen LogP contribution in [0.3, 0.4) is 0 Å². The van der Waals surface area contributed by atoms with Crippen LogP contribution in [0.25, 0.3) is 0 Å². The number of carbonyl (C=O) groups excluding carboxylic acids is 1. The molecule has 5 heteroatoms. The quantitative estimate of drug-likeness (QED) is 0.560. The Kier molecular flexibility index (Phi) is 7.11. The highest BCUT2D eigenvalue weighted by molar-refractivity contribution is 5.96. The van der Waals surface area contributed by atoms with Crippen LogP contribution in [0.4, 0.5) is 5.69 Å². The molecule has 0 aliphatic heterocycles. The van der Waals surface area contributed by atoms with Gasteiger partial charge in [0.2, 0.25) is 5.96 Å². The van der Waals surface area contributed by atoms with Crippen LogP contribution in [0.2, 0.25) is 0 Å². The van der Waals surface area contributed by atoms with E-state index in [0.717, 1.165) is 23.4 Å². The van der Waals surface area contributed by atoms with E-state index in [0.29, 0.717) is 18.9 Å². The van der Waals surface area contributed by atoms with E-state index in [9.17, 15) is 4.79 Å². The molecule has 1 atom stereocenters. The highest BCUT2D eigenvalue weighted by Gasteiger charge is 2.21. The zero-order valence-corrected chi connectivity index (χ0v) is 16.6. The van der Waals surface area contributed by atoms with E-state index in [-0.39, 0.29) is 11.7 Å². The maximum Gasteiger partial charge on any atom is 0.226 e. The molecule has 1 aliphatic carbocycles. The van der Waals surface area contributed by atoms with Crippen LogP contribution in [0.5, 0.6) is 0 Å². The molecule has 5 nitrogen and oxygen atoms in total. The first kappa shape index (κ1) is 20.3. The second-order valence-corrected chi connectivity index (χ2v) is 7.08. The topological polar surface area (TPSA) is 65.8 Å². The minimum Gasteiger partial charge on any atom is -0.384 e. The van der Waals surface area contributed by atoms with Gasteiger partial charge in [-0.05, 0) is 49.2 Å². The first-order valence-corrected chi connectivity index (χ1v) is 9.68. The van der Waals surface area contributed by atoms with Gasteiger partial charge in [-0.3, -0.25) is 4.79 Å². The van der Waals surface area contributed by atoms with Gasteiger partial charge in [-0.15, -0.1) is 0 Å². The molecule has 148 valence electrons. The molecule has 2 aromatic carbocycles. The van der Waals surface area contributed by atoms with Crippen LogP contribution in [0, 0.1) is 0 Å². The van der Waals surface area contributed by atoms with Gasteiger partial charge in [0.25, 0.3) is 0 Å². The molecule has 0 bridgehead atoms. The van der Waals surface area contributed by atoms with Gasteiger partial charge in [0.1, 0.15) is 0 Å². The van der Waals surface area contributed by atoms with Gasteiger partial charge in [-0.2, -0.15) is 0 Å². The van der Waals surface area contributed by atoms with Crippen molar-refractivity contribution < 1.29 is 4.79 Å². The first-order valence-electron chi connectivity index (χ1n) is 9.68. The van der Waals surface area contributed by atoms with Gasteiger partial charge in [0, 0.05) is 36.6 Å². The molecule has 0 radical (unpaired) electrons. The number of allylic oxidation sites excluding steroid dienone is 2. The number of rotatable bonds is 6. The molecule has 1 aliphatic rings. The van der Waals surface area contributed by atoms with Gasteiger partial charge in [0.15, 0.2) is 5.78 Å². The Hall–Kier alpha value is -3.47. The molecule has 0 spiro atoms. The SMILES string of the molecule is C=NC(=N/C=C(\C)CNC1=CC(=O)CC(c2ccccc2)C1)Nc1ccccc1. The summed E-state index contributed by atoms with van der Waals surface area (Å²) in [5.74, 6) is 0.828. The van der Waals surface area contributed by atoms with Crippen LogP contribution >= 0.6 is 0 Å². The standard InChI is InChI=1S/C24H26N4O/c1-18(17-27-24(25-2)28-21-11-7-4-8-12-21)16-26-22-13-20(14-23(29)15-22)19-9-5-3-6-10-19/h3-12,15,17,20,26H,2,13-14,16H2,1H3,(H,27,28)/b18-17+. The Morgan fingerprint density at radius 2 is 1.79 bits per heavy atom. The highest BCUT2D eigenvalue weighted by Crippen LogP contribution is 2.30. The van der Waals surface area contributed by atoms with Crippen LogP contribution < -0.4 is 10.6 Å². The average Bonchev–Trinajstić information content (AvgIpc) is 2.76. The zero-order valence-electron chi connectivity index (χ0n) is 16.6. The van der Waals surface area contributed by atoms with E-state index in [4.69, 9.17) is 0 Å². The number of nitrogens with one attached hydrogen (secondary N) is 2. The van der Waals surface area contributed by atoms with Crippen molar-refractivity contribution in [1.82, 2.24) is 5.32 Å². The third-order valence-electron chi connectivity index (χ3n) is 4.70. The third-order valence-corrected chi connectivity index (χ3v) is 4.70. The zero-order chi connectivity index (χ0) is 20.5. The van der Waals surface area contributed by atoms with Gasteiger partial charge in [-0.1, -0.05) is 48.5 Å². The van der Waals surface area contributed by atoms with Crippen molar-refractivity contribution >= 4 is 24.1 Å². The molecule has 0 saturated carbocycles. The Morgan fingerprint density at radius 1 is 1.10 bits per heavy atom. The Balaban J connectivity index is 1.58. The van der Waals surface area contributed by atoms with Crippen LogP contribution in [-0.2, 0) is 4.79 Å². The Morgan fingerprint density at radius 3 is 2.48 bits per heavy atom. The number of anilines is 1. The van der Waals surface area contributed by atoms with E-state index in [1.807, 2.05) is 55.5 Å². The fourth-order valence-electron chi connectivity index (χ4n) is 3.21. The summed E-state index contributed by atoms with van der Waals surface area (Å²) < 4.78 is 0. The van der Waals surface area contributed by atoms with Crippen molar-refractivity contribution in [2.75, 3.05) is 11.9 Å². The van der Waals surface area contributed by atoms with E-state index in [2.05, 4.69) is 39.5 Å². The molecule has 29 heavy (non-hydrogen) atoms. The fraction of sp³-hybridized carbons (Fsp3) is 0.208. The molecule has 2 N–H and O–H groups in total. The summed E-state index contributed by atoms with van der Waals surface area (Å²) in [5.41, 5.74) is 4.10. The number of nitrogens with zero attached hydrogens (tertiary/aromatic N) is 2. The molecule has 0 fully saturated rings. The monoisotopic (exact) mass is 386 g/mol.